The number of amides is 1. The first-order chi connectivity index (χ1) is 8.81. The molecule has 0 unspecified atom stereocenters. The van der Waals surface area contributed by atoms with Gasteiger partial charge in [0.2, 0.25) is 0 Å². The quantitative estimate of drug-likeness (QED) is 0.668. The fourth-order valence-corrected chi connectivity index (χ4v) is 2.28. The number of benzene rings is 1. The number of non-ortho nitro benzene ring substituents is 1. The molecule has 6 nitrogen and oxygen atoms in total. The van der Waals surface area contributed by atoms with Gasteiger partial charge in [0.05, 0.1) is 11.0 Å². The summed E-state index contributed by atoms with van der Waals surface area (Å²) in [6, 6.07) is 3.76. The van der Waals surface area contributed by atoms with Crippen molar-refractivity contribution in [3.63, 3.8) is 0 Å². The smallest absolute Gasteiger partial charge is 0.407 e. The van der Waals surface area contributed by atoms with Crippen LogP contribution in [0.2, 0.25) is 5.02 Å². The van der Waals surface area contributed by atoms with Crippen LogP contribution in [0.25, 0.3) is 0 Å². The first kappa shape index (κ1) is 16.5. The van der Waals surface area contributed by atoms with Gasteiger partial charge in [0, 0.05) is 28.1 Å². The number of alkyl carbamates (subject to hydrolysis) is 1. The van der Waals surface area contributed by atoms with Crippen LogP contribution in [0, 0.1) is 15.5 Å². The molecule has 0 aromatic heterocycles. The van der Waals surface area contributed by atoms with Gasteiger partial charge in [-0.05, 0) is 6.07 Å². The summed E-state index contributed by atoms with van der Waals surface area (Å²) >= 11 is 6.09. The molecule has 1 fully saturated rings. The molecule has 0 aliphatic carbocycles. The Kier molecular flexibility index (Phi) is 4.83. The third kappa shape index (κ3) is 3.13. The number of nitrogens with one attached hydrogen (secondary N) is 1. The largest absolute Gasteiger partial charge is 0.449 e. The number of halogens is 2. The number of cyclic esters (lactones) is 1. The lowest BCUT2D eigenvalue weighted by molar-refractivity contribution is -0.385. The van der Waals surface area contributed by atoms with Gasteiger partial charge in [0.25, 0.3) is 5.69 Å². The minimum absolute atomic E-state index is 0. The average molecular weight is 321 g/mol. The van der Waals surface area contributed by atoms with Crippen LogP contribution in [0.1, 0.15) is 25.5 Å². The molecule has 0 bridgehead atoms. The Morgan fingerprint density at radius 1 is 1.50 bits per heavy atom. The molecule has 1 saturated heterocycles. The van der Waals surface area contributed by atoms with E-state index in [1.54, 1.807) is 0 Å². The van der Waals surface area contributed by atoms with Crippen LogP contribution in [0.15, 0.2) is 18.2 Å². The van der Waals surface area contributed by atoms with E-state index in [-0.39, 0.29) is 24.7 Å². The number of nitro benzene ring substituents is 1. The number of carbonyl (C=O) groups is 1. The molecule has 1 aromatic rings. The van der Waals surface area contributed by atoms with Gasteiger partial charge < -0.3 is 10.1 Å². The molecule has 1 aliphatic heterocycles. The summed E-state index contributed by atoms with van der Waals surface area (Å²) in [5, 5.41) is 13.9. The molecule has 8 heteroatoms. The van der Waals surface area contributed by atoms with Crippen molar-refractivity contribution in [1.29, 1.82) is 0 Å². The number of nitrogens with zero attached hydrogens (tertiary/aromatic N) is 1. The Morgan fingerprint density at radius 3 is 2.75 bits per heavy atom. The lowest BCUT2D eigenvalue weighted by atomic mass is 9.80. The molecular weight excluding hydrogens is 307 g/mol. The number of nitro groups is 1. The molecule has 1 heterocycles. The maximum atomic E-state index is 11.4. The topological polar surface area (TPSA) is 81.5 Å². The molecule has 1 aromatic carbocycles. The summed E-state index contributed by atoms with van der Waals surface area (Å²) in [4.78, 5) is 21.7. The summed E-state index contributed by atoms with van der Waals surface area (Å²) in [6.07, 6.45) is -0.549. The van der Waals surface area contributed by atoms with E-state index in [4.69, 9.17) is 16.3 Å². The molecular formula is C12H14Cl2N2O4. The Hall–Kier alpha value is -1.53. The standard InChI is InChI=1S/C12H13ClN2O4.ClH/c1-12(2)6-19-11(16)14-10(12)8-5-7(15(17)18)3-4-9(8)13;/h3-5,10H,6H2,1-2H3,(H,14,16);1H/t10-;/m0./s1. The second-order valence-electron chi connectivity index (χ2n) is 5.10. The van der Waals surface area contributed by atoms with Crippen LogP contribution < -0.4 is 5.32 Å². The summed E-state index contributed by atoms with van der Waals surface area (Å²) in [7, 11) is 0. The van der Waals surface area contributed by atoms with Crippen LogP contribution in [-0.2, 0) is 4.74 Å². The molecule has 0 spiro atoms. The summed E-state index contributed by atoms with van der Waals surface area (Å²) in [5.74, 6) is 0. The summed E-state index contributed by atoms with van der Waals surface area (Å²) in [5.41, 5.74) is 0.0562. The molecule has 2 rings (SSSR count). The molecule has 0 saturated carbocycles. The van der Waals surface area contributed by atoms with Gasteiger partial charge in [-0.1, -0.05) is 25.4 Å². The zero-order valence-electron chi connectivity index (χ0n) is 10.9. The highest BCUT2D eigenvalue weighted by molar-refractivity contribution is 6.31. The van der Waals surface area contributed by atoms with Crippen LogP contribution >= 0.6 is 24.0 Å². The third-order valence-electron chi connectivity index (χ3n) is 3.12. The Labute approximate surface area is 127 Å². The molecule has 1 atom stereocenters. The molecule has 20 heavy (non-hydrogen) atoms. The van der Waals surface area contributed by atoms with Gasteiger partial charge >= 0.3 is 6.09 Å². The van der Waals surface area contributed by atoms with Crippen LogP contribution in [0.4, 0.5) is 10.5 Å². The van der Waals surface area contributed by atoms with E-state index in [2.05, 4.69) is 5.32 Å². The van der Waals surface area contributed by atoms with E-state index in [9.17, 15) is 14.9 Å². The van der Waals surface area contributed by atoms with Crippen molar-refractivity contribution in [3.8, 4) is 0 Å². The Balaban J connectivity index is 0.00000200. The van der Waals surface area contributed by atoms with Crippen molar-refractivity contribution in [2.75, 3.05) is 6.61 Å². The first-order valence-corrected chi connectivity index (χ1v) is 6.06. The molecule has 1 aliphatic rings. The Morgan fingerprint density at radius 2 is 2.15 bits per heavy atom. The predicted octanol–water partition coefficient (Wildman–Crippen LogP) is 3.48. The van der Waals surface area contributed by atoms with E-state index in [1.165, 1.54) is 18.2 Å². The lowest BCUT2D eigenvalue weighted by Gasteiger charge is -2.38. The van der Waals surface area contributed by atoms with Gasteiger partial charge in [-0.15, -0.1) is 12.4 Å². The summed E-state index contributed by atoms with van der Waals surface area (Å²) < 4.78 is 4.94. The third-order valence-corrected chi connectivity index (χ3v) is 3.46. The van der Waals surface area contributed by atoms with E-state index in [0.717, 1.165) is 0 Å². The molecule has 110 valence electrons. The van der Waals surface area contributed by atoms with Crippen LogP contribution in [0.5, 0.6) is 0 Å². The number of hydrogen-bond donors (Lipinski definition) is 1. The normalized spacial score (nSPS) is 20.4. The van der Waals surface area contributed by atoms with E-state index in [1.807, 2.05) is 13.8 Å². The van der Waals surface area contributed by atoms with E-state index >= 15 is 0 Å². The zero-order valence-corrected chi connectivity index (χ0v) is 12.5. The molecule has 1 N–H and O–H groups in total. The van der Waals surface area contributed by atoms with Gasteiger partial charge in [-0.3, -0.25) is 10.1 Å². The van der Waals surface area contributed by atoms with Crippen molar-refractivity contribution in [1.82, 2.24) is 5.32 Å². The van der Waals surface area contributed by atoms with Gasteiger partial charge in [-0.2, -0.15) is 0 Å². The van der Waals surface area contributed by atoms with Gasteiger partial charge in [0.15, 0.2) is 0 Å². The van der Waals surface area contributed by atoms with Gasteiger partial charge in [-0.25, -0.2) is 4.79 Å². The maximum absolute atomic E-state index is 11.4. The van der Waals surface area contributed by atoms with E-state index in [0.29, 0.717) is 10.6 Å². The fraction of sp³-hybridized carbons (Fsp3) is 0.417. The average Bonchev–Trinajstić information content (AvgIpc) is 2.33. The molecule has 1 amide bonds. The Bertz CT molecular complexity index is 548. The highest BCUT2D eigenvalue weighted by atomic mass is 35.5. The van der Waals surface area contributed by atoms with Gasteiger partial charge in [0.1, 0.15) is 6.61 Å². The fourth-order valence-electron chi connectivity index (χ4n) is 2.05. The lowest BCUT2D eigenvalue weighted by Crippen LogP contribution is -2.47. The summed E-state index contributed by atoms with van der Waals surface area (Å²) in [6.45, 7) is 4.01. The number of carbonyl (C=O) groups excluding carboxylic acids is 1. The van der Waals surface area contributed by atoms with Crippen molar-refractivity contribution in [3.05, 3.63) is 38.9 Å². The van der Waals surface area contributed by atoms with Crippen LogP contribution in [0.3, 0.4) is 0 Å². The highest BCUT2D eigenvalue weighted by Gasteiger charge is 2.39. The van der Waals surface area contributed by atoms with Crippen molar-refractivity contribution < 1.29 is 14.5 Å². The van der Waals surface area contributed by atoms with Crippen molar-refractivity contribution in [2.24, 2.45) is 5.41 Å². The SMILES string of the molecule is CC1(C)COC(=O)N[C@H]1c1cc([N+](=O)[O-])ccc1Cl.Cl. The minimum atomic E-state index is -0.549. The van der Waals surface area contributed by atoms with Crippen LogP contribution in [-0.4, -0.2) is 17.6 Å². The number of ether oxygens (including phenoxy) is 1. The number of rotatable bonds is 2. The molecule has 0 radical (unpaired) electrons. The van der Waals surface area contributed by atoms with Crippen molar-refractivity contribution in [2.45, 2.75) is 19.9 Å². The second kappa shape index (κ2) is 5.85. The minimum Gasteiger partial charge on any atom is -0.449 e. The van der Waals surface area contributed by atoms with E-state index < -0.39 is 22.5 Å². The highest BCUT2D eigenvalue weighted by Crippen LogP contribution is 2.40. The zero-order chi connectivity index (χ0) is 14.2. The first-order valence-electron chi connectivity index (χ1n) is 5.68. The predicted molar refractivity (Wildman–Crippen MR) is 76.4 cm³/mol. The second-order valence-corrected chi connectivity index (χ2v) is 5.51. The number of hydrogen-bond acceptors (Lipinski definition) is 4. The monoisotopic (exact) mass is 320 g/mol. The van der Waals surface area contributed by atoms with Crippen molar-refractivity contribution >= 4 is 35.8 Å². The maximum Gasteiger partial charge on any atom is 0.407 e.